The SMILES string of the molecule is COc1ccc2cc(-c3oc(-c4nc(SCC(=O)O)n[nH]4)cc3Br)ccc2c1. The van der Waals surface area contributed by atoms with Gasteiger partial charge in [-0.25, -0.2) is 0 Å². The highest BCUT2D eigenvalue weighted by molar-refractivity contribution is 9.10. The van der Waals surface area contributed by atoms with Crippen LogP contribution in [0.15, 0.2) is 56.5 Å². The Labute approximate surface area is 172 Å². The molecular formula is C19H14BrN3O4S. The van der Waals surface area contributed by atoms with Gasteiger partial charge in [-0.15, -0.1) is 5.10 Å². The van der Waals surface area contributed by atoms with E-state index in [1.807, 2.05) is 36.4 Å². The summed E-state index contributed by atoms with van der Waals surface area (Å²) in [7, 11) is 1.64. The summed E-state index contributed by atoms with van der Waals surface area (Å²) in [6.07, 6.45) is 0. The van der Waals surface area contributed by atoms with Gasteiger partial charge >= 0.3 is 5.97 Å². The van der Waals surface area contributed by atoms with E-state index >= 15 is 0 Å². The Kier molecular flexibility index (Phi) is 5.10. The van der Waals surface area contributed by atoms with Crippen molar-refractivity contribution in [1.29, 1.82) is 0 Å². The standard InChI is InChI=1S/C19H14BrN3O4S/c1-26-13-5-4-10-6-12(3-2-11(10)7-13)17-14(20)8-15(27-17)18-21-19(23-22-18)28-9-16(24)25/h2-8H,9H2,1H3,(H,24,25)(H,21,22,23). The Morgan fingerprint density at radius 3 is 2.82 bits per heavy atom. The van der Waals surface area contributed by atoms with Crippen molar-refractivity contribution in [2.75, 3.05) is 12.9 Å². The average molecular weight is 460 g/mol. The van der Waals surface area contributed by atoms with Crippen LogP contribution < -0.4 is 4.74 Å². The van der Waals surface area contributed by atoms with E-state index in [1.165, 1.54) is 0 Å². The van der Waals surface area contributed by atoms with Gasteiger partial charge in [-0.05, 0) is 44.9 Å². The van der Waals surface area contributed by atoms with Crippen molar-refractivity contribution in [2.45, 2.75) is 5.16 Å². The second kappa shape index (κ2) is 7.69. The zero-order valence-electron chi connectivity index (χ0n) is 14.6. The summed E-state index contributed by atoms with van der Waals surface area (Å²) in [6, 6.07) is 13.7. The number of benzene rings is 2. The van der Waals surface area contributed by atoms with Gasteiger partial charge in [0.1, 0.15) is 11.5 Å². The molecule has 4 rings (SSSR count). The maximum absolute atomic E-state index is 10.7. The van der Waals surface area contributed by atoms with Gasteiger partial charge in [0.25, 0.3) is 0 Å². The number of aromatic nitrogens is 3. The lowest BCUT2D eigenvalue weighted by molar-refractivity contribution is -0.133. The number of thioether (sulfide) groups is 1. The van der Waals surface area contributed by atoms with Gasteiger partial charge in [-0.1, -0.05) is 30.0 Å². The van der Waals surface area contributed by atoms with E-state index in [0.717, 1.165) is 38.3 Å². The molecule has 9 heteroatoms. The molecule has 2 aromatic heterocycles. The molecule has 7 nitrogen and oxygen atoms in total. The normalized spacial score (nSPS) is 11.1. The molecule has 0 aliphatic carbocycles. The van der Waals surface area contributed by atoms with Crippen LogP contribution in [0.4, 0.5) is 0 Å². The van der Waals surface area contributed by atoms with Crippen LogP contribution in [0, 0.1) is 0 Å². The Balaban J connectivity index is 1.64. The van der Waals surface area contributed by atoms with E-state index < -0.39 is 5.97 Å². The Bertz CT molecular complexity index is 1170. The molecule has 0 atom stereocenters. The van der Waals surface area contributed by atoms with Gasteiger partial charge in [0.15, 0.2) is 11.6 Å². The molecule has 0 bridgehead atoms. The molecule has 0 saturated carbocycles. The highest BCUT2D eigenvalue weighted by Gasteiger charge is 2.16. The van der Waals surface area contributed by atoms with Crippen LogP contribution in [0.3, 0.4) is 0 Å². The summed E-state index contributed by atoms with van der Waals surface area (Å²) >= 11 is 4.58. The van der Waals surface area contributed by atoms with E-state index in [1.54, 1.807) is 13.2 Å². The highest BCUT2D eigenvalue weighted by atomic mass is 79.9. The van der Waals surface area contributed by atoms with Crippen LogP contribution in [-0.4, -0.2) is 39.1 Å². The smallest absolute Gasteiger partial charge is 0.313 e. The van der Waals surface area contributed by atoms with Crippen molar-refractivity contribution in [1.82, 2.24) is 15.2 Å². The summed E-state index contributed by atoms with van der Waals surface area (Å²) in [5.41, 5.74) is 0.913. The number of ether oxygens (including phenoxy) is 1. The minimum Gasteiger partial charge on any atom is -0.497 e. The summed E-state index contributed by atoms with van der Waals surface area (Å²) in [5.74, 6) is 1.39. The zero-order valence-corrected chi connectivity index (χ0v) is 17.0. The van der Waals surface area contributed by atoms with Crippen molar-refractivity contribution in [3.63, 3.8) is 0 Å². The number of hydrogen-bond donors (Lipinski definition) is 2. The van der Waals surface area contributed by atoms with Gasteiger partial charge in [0, 0.05) is 11.6 Å². The largest absolute Gasteiger partial charge is 0.497 e. The van der Waals surface area contributed by atoms with Crippen molar-refractivity contribution in [3.05, 3.63) is 46.9 Å². The number of nitrogens with zero attached hydrogens (tertiary/aromatic N) is 2. The van der Waals surface area contributed by atoms with E-state index in [2.05, 4.69) is 31.1 Å². The molecule has 2 aromatic carbocycles. The summed E-state index contributed by atoms with van der Waals surface area (Å²) in [6.45, 7) is 0. The molecule has 4 aromatic rings. The molecule has 0 spiro atoms. The number of rotatable bonds is 6. The van der Waals surface area contributed by atoms with Crippen LogP contribution in [-0.2, 0) is 4.79 Å². The maximum Gasteiger partial charge on any atom is 0.313 e. The number of carboxylic acids is 1. The zero-order chi connectivity index (χ0) is 19.7. The second-order valence-electron chi connectivity index (χ2n) is 5.86. The Hall–Kier alpha value is -2.78. The van der Waals surface area contributed by atoms with Crippen molar-refractivity contribution in [2.24, 2.45) is 0 Å². The van der Waals surface area contributed by atoms with Gasteiger partial charge in [0.2, 0.25) is 5.16 Å². The number of fused-ring (bicyclic) bond motifs is 1. The lowest BCUT2D eigenvalue weighted by Crippen LogP contribution is -1.97. The van der Waals surface area contributed by atoms with E-state index in [0.29, 0.717) is 22.5 Å². The molecule has 0 amide bonds. The number of furan rings is 1. The number of H-pyrrole nitrogens is 1. The van der Waals surface area contributed by atoms with Crippen LogP contribution in [0.2, 0.25) is 0 Å². The molecule has 2 heterocycles. The molecule has 0 radical (unpaired) electrons. The lowest BCUT2D eigenvalue weighted by Gasteiger charge is -2.04. The lowest BCUT2D eigenvalue weighted by atomic mass is 10.1. The third kappa shape index (κ3) is 3.76. The fourth-order valence-corrected chi connectivity index (χ4v) is 3.76. The predicted molar refractivity (Wildman–Crippen MR) is 110 cm³/mol. The van der Waals surface area contributed by atoms with Crippen LogP contribution in [0.25, 0.3) is 33.7 Å². The fourth-order valence-electron chi connectivity index (χ4n) is 2.72. The number of methoxy groups -OCH3 is 1. The number of aliphatic carboxylic acids is 1. The first-order valence-corrected chi connectivity index (χ1v) is 9.96. The monoisotopic (exact) mass is 459 g/mol. The van der Waals surface area contributed by atoms with Crippen LogP contribution in [0.1, 0.15) is 0 Å². The second-order valence-corrected chi connectivity index (χ2v) is 7.66. The molecule has 0 saturated heterocycles. The number of nitrogens with one attached hydrogen (secondary N) is 1. The first-order chi connectivity index (χ1) is 13.5. The van der Waals surface area contributed by atoms with Crippen molar-refractivity contribution >= 4 is 44.4 Å². The maximum atomic E-state index is 10.7. The molecule has 0 unspecified atom stereocenters. The van der Waals surface area contributed by atoms with E-state index in [9.17, 15) is 4.79 Å². The molecular weight excluding hydrogens is 446 g/mol. The average Bonchev–Trinajstić information content (AvgIpc) is 3.32. The van der Waals surface area contributed by atoms with Crippen LogP contribution in [0.5, 0.6) is 5.75 Å². The molecule has 2 N–H and O–H groups in total. The number of aromatic amines is 1. The van der Waals surface area contributed by atoms with Crippen molar-refractivity contribution in [3.8, 4) is 28.7 Å². The third-order valence-electron chi connectivity index (χ3n) is 4.02. The van der Waals surface area contributed by atoms with Crippen LogP contribution >= 0.6 is 27.7 Å². The van der Waals surface area contributed by atoms with Gasteiger partial charge in [0.05, 0.1) is 17.3 Å². The first kappa shape index (κ1) is 18.6. The number of carbonyl (C=O) groups is 1. The minimum absolute atomic E-state index is 0.105. The van der Waals surface area contributed by atoms with Gasteiger partial charge < -0.3 is 14.3 Å². The highest BCUT2D eigenvalue weighted by Crippen LogP contribution is 2.36. The Morgan fingerprint density at radius 2 is 2.04 bits per heavy atom. The first-order valence-electron chi connectivity index (χ1n) is 8.18. The number of carboxylic acid groups (broad SMARTS) is 1. The molecule has 28 heavy (non-hydrogen) atoms. The summed E-state index contributed by atoms with van der Waals surface area (Å²) in [4.78, 5) is 14.9. The number of hydrogen-bond acceptors (Lipinski definition) is 6. The van der Waals surface area contributed by atoms with Gasteiger partial charge in [-0.2, -0.15) is 4.98 Å². The minimum atomic E-state index is -0.923. The quantitative estimate of drug-likeness (QED) is 0.398. The topological polar surface area (TPSA) is 101 Å². The Morgan fingerprint density at radius 1 is 1.25 bits per heavy atom. The molecule has 142 valence electrons. The molecule has 0 fully saturated rings. The fraction of sp³-hybridized carbons (Fsp3) is 0.105. The predicted octanol–water partition coefficient (Wildman–Crippen LogP) is 4.83. The summed E-state index contributed by atoms with van der Waals surface area (Å²) in [5, 5.41) is 18.0. The van der Waals surface area contributed by atoms with E-state index in [-0.39, 0.29) is 5.75 Å². The van der Waals surface area contributed by atoms with Gasteiger partial charge in [-0.3, -0.25) is 9.89 Å². The molecule has 0 aliphatic heterocycles. The van der Waals surface area contributed by atoms with E-state index in [4.69, 9.17) is 14.3 Å². The summed E-state index contributed by atoms with van der Waals surface area (Å²) < 4.78 is 12.0. The molecule has 0 aliphatic rings. The number of halogens is 1. The third-order valence-corrected chi connectivity index (χ3v) is 5.44. The van der Waals surface area contributed by atoms with Crippen molar-refractivity contribution < 1.29 is 19.1 Å².